The summed E-state index contributed by atoms with van der Waals surface area (Å²) in [4.78, 5) is 0. The molecule has 0 aromatic carbocycles. The van der Waals surface area contributed by atoms with Gasteiger partial charge in [-0.15, -0.1) is 0 Å². The zero-order valence-corrected chi connectivity index (χ0v) is 14.0. The monoisotopic (exact) mass is 305 g/mol. The number of hydrogen-bond donors (Lipinski definition) is 3. The van der Waals surface area contributed by atoms with E-state index in [1.54, 1.807) is 0 Å². The van der Waals surface area contributed by atoms with Crippen molar-refractivity contribution in [2.24, 2.45) is 34.5 Å². The van der Waals surface area contributed by atoms with Crippen LogP contribution in [0.5, 0.6) is 0 Å². The van der Waals surface area contributed by atoms with E-state index in [0.29, 0.717) is 24.0 Å². The molecule has 3 N–H and O–H groups in total. The molecule has 22 heavy (non-hydrogen) atoms. The molecule has 0 aromatic rings. The molecular formula is C19H31NO2. The molecular weight excluding hydrogens is 274 g/mol. The molecule has 1 aliphatic heterocycles. The molecule has 0 amide bonds. The molecule has 3 aliphatic carbocycles. The highest BCUT2D eigenvalue weighted by atomic mass is 16.3. The molecule has 8 atom stereocenters. The molecule has 3 nitrogen and oxygen atoms in total. The first-order valence-electron chi connectivity index (χ1n) is 9.23. The van der Waals surface area contributed by atoms with Gasteiger partial charge in [0.1, 0.15) is 6.23 Å². The van der Waals surface area contributed by atoms with Gasteiger partial charge in [-0.25, -0.2) is 0 Å². The summed E-state index contributed by atoms with van der Waals surface area (Å²) in [6, 6.07) is 0.424. The van der Waals surface area contributed by atoms with E-state index < -0.39 is 6.23 Å². The van der Waals surface area contributed by atoms with Crippen LogP contribution in [0.4, 0.5) is 0 Å². The van der Waals surface area contributed by atoms with Crippen LogP contribution in [0.15, 0.2) is 12.2 Å². The molecule has 3 heteroatoms. The molecule has 3 saturated carbocycles. The van der Waals surface area contributed by atoms with Crippen molar-refractivity contribution in [2.75, 3.05) is 6.61 Å². The Morgan fingerprint density at radius 2 is 1.91 bits per heavy atom. The number of rotatable bonds is 1. The summed E-state index contributed by atoms with van der Waals surface area (Å²) >= 11 is 0. The van der Waals surface area contributed by atoms with Crippen molar-refractivity contribution in [3.05, 3.63) is 12.2 Å². The minimum Gasteiger partial charge on any atom is -0.396 e. The fourth-order valence-electron chi connectivity index (χ4n) is 6.86. The highest BCUT2D eigenvalue weighted by Gasteiger charge is 2.59. The average Bonchev–Trinajstić information content (AvgIpc) is 2.84. The quantitative estimate of drug-likeness (QED) is 0.653. The van der Waals surface area contributed by atoms with Crippen LogP contribution in [0.2, 0.25) is 0 Å². The maximum atomic E-state index is 9.89. The van der Waals surface area contributed by atoms with E-state index >= 15 is 0 Å². The van der Waals surface area contributed by atoms with E-state index in [4.69, 9.17) is 0 Å². The summed E-state index contributed by atoms with van der Waals surface area (Å²) in [5.41, 5.74) is 0.561. The number of fused-ring (bicyclic) bond motifs is 5. The molecule has 0 spiro atoms. The van der Waals surface area contributed by atoms with E-state index in [9.17, 15) is 10.2 Å². The second kappa shape index (κ2) is 5.06. The van der Waals surface area contributed by atoms with Crippen LogP contribution in [0.25, 0.3) is 0 Å². The second-order valence-corrected chi connectivity index (χ2v) is 8.84. The first kappa shape index (κ1) is 15.2. The lowest BCUT2D eigenvalue weighted by Crippen LogP contribution is -2.60. The van der Waals surface area contributed by atoms with Crippen molar-refractivity contribution >= 4 is 0 Å². The van der Waals surface area contributed by atoms with Crippen LogP contribution in [0.3, 0.4) is 0 Å². The molecule has 0 radical (unpaired) electrons. The largest absolute Gasteiger partial charge is 0.396 e. The number of nitrogens with one attached hydrogen (secondary N) is 1. The molecule has 4 rings (SSSR count). The maximum Gasteiger partial charge on any atom is 0.124 e. The molecule has 1 heterocycles. The van der Waals surface area contributed by atoms with Gasteiger partial charge in [0.05, 0.1) is 0 Å². The molecule has 0 bridgehead atoms. The minimum atomic E-state index is -0.464. The van der Waals surface area contributed by atoms with Gasteiger partial charge in [0.15, 0.2) is 0 Å². The summed E-state index contributed by atoms with van der Waals surface area (Å²) in [5.74, 6) is 2.85. The lowest BCUT2D eigenvalue weighted by atomic mass is 9.48. The Labute approximate surface area is 134 Å². The van der Waals surface area contributed by atoms with Crippen molar-refractivity contribution in [1.82, 2.24) is 5.32 Å². The molecule has 0 aromatic heterocycles. The highest BCUT2D eigenvalue weighted by molar-refractivity contribution is 5.18. The Kier molecular flexibility index (Phi) is 3.49. The standard InChI is InChI=1S/C19H31NO2/c1-18-9-7-15-13(14(18)5-3-12(18)11-21)4-6-16-19(15,2)10-8-17(22)20-16/h8,10,12-17,20-22H,3-7,9,11H2,1-2H3/t12?,13?,14?,15?,16-,17?,18?,19?/m1/s1. The first-order chi connectivity index (χ1) is 10.5. The summed E-state index contributed by atoms with van der Waals surface area (Å²) in [5, 5.41) is 23.1. The van der Waals surface area contributed by atoms with Gasteiger partial charge in [-0.2, -0.15) is 0 Å². The third-order valence-corrected chi connectivity index (χ3v) is 8.20. The summed E-state index contributed by atoms with van der Waals surface area (Å²) in [6.45, 7) is 5.23. The summed E-state index contributed by atoms with van der Waals surface area (Å²) < 4.78 is 0. The lowest BCUT2D eigenvalue weighted by Gasteiger charge is -2.59. The molecule has 124 valence electrons. The number of aliphatic hydroxyl groups excluding tert-OH is 2. The molecule has 4 aliphatic rings. The topological polar surface area (TPSA) is 52.5 Å². The maximum absolute atomic E-state index is 9.89. The van der Waals surface area contributed by atoms with Crippen molar-refractivity contribution < 1.29 is 10.2 Å². The van der Waals surface area contributed by atoms with Crippen LogP contribution in [0.1, 0.15) is 52.4 Å². The van der Waals surface area contributed by atoms with Crippen molar-refractivity contribution in [3.63, 3.8) is 0 Å². The van der Waals surface area contributed by atoms with E-state index in [1.807, 2.05) is 6.08 Å². The second-order valence-electron chi connectivity index (χ2n) is 8.84. The van der Waals surface area contributed by atoms with E-state index in [2.05, 4.69) is 25.2 Å². The number of hydrogen-bond acceptors (Lipinski definition) is 3. The Hall–Kier alpha value is -0.380. The van der Waals surface area contributed by atoms with Gasteiger partial charge in [0.25, 0.3) is 0 Å². The fourth-order valence-corrected chi connectivity index (χ4v) is 6.86. The smallest absolute Gasteiger partial charge is 0.124 e. The summed E-state index contributed by atoms with van der Waals surface area (Å²) in [7, 11) is 0. The Bertz CT molecular complexity index is 478. The van der Waals surface area contributed by atoms with Crippen molar-refractivity contribution in [3.8, 4) is 0 Å². The van der Waals surface area contributed by atoms with Gasteiger partial charge in [-0.3, -0.25) is 5.32 Å². The molecule has 3 fully saturated rings. The van der Waals surface area contributed by atoms with Crippen molar-refractivity contribution in [1.29, 1.82) is 0 Å². The predicted octanol–water partition coefficient (Wildman–Crippen LogP) is 2.68. The number of aliphatic hydroxyl groups is 2. The molecule has 0 saturated heterocycles. The van der Waals surface area contributed by atoms with Crippen LogP contribution in [-0.4, -0.2) is 29.1 Å². The third-order valence-electron chi connectivity index (χ3n) is 8.20. The van der Waals surface area contributed by atoms with E-state index in [-0.39, 0.29) is 5.41 Å². The van der Waals surface area contributed by atoms with Crippen LogP contribution in [-0.2, 0) is 0 Å². The average molecular weight is 305 g/mol. The van der Waals surface area contributed by atoms with Gasteiger partial charge in [-0.05, 0) is 73.7 Å². The van der Waals surface area contributed by atoms with E-state index in [0.717, 1.165) is 17.8 Å². The van der Waals surface area contributed by atoms with Gasteiger partial charge in [0, 0.05) is 18.1 Å². The highest BCUT2D eigenvalue weighted by Crippen LogP contribution is 2.64. The van der Waals surface area contributed by atoms with Gasteiger partial charge in [-0.1, -0.05) is 19.9 Å². The Morgan fingerprint density at radius 1 is 1.09 bits per heavy atom. The zero-order chi connectivity index (χ0) is 15.5. The summed E-state index contributed by atoms with van der Waals surface area (Å²) in [6.07, 6.45) is 11.3. The fraction of sp³-hybridized carbons (Fsp3) is 0.895. The normalized spacial score (nSPS) is 57.1. The van der Waals surface area contributed by atoms with Crippen LogP contribution in [0, 0.1) is 34.5 Å². The lowest BCUT2D eigenvalue weighted by molar-refractivity contribution is -0.0790. The van der Waals surface area contributed by atoms with Gasteiger partial charge < -0.3 is 10.2 Å². The minimum absolute atomic E-state index is 0.195. The Balaban J connectivity index is 1.65. The van der Waals surface area contributed by atoms with Crippen LogP contribution >= 0.6 is 0 Å². The van der Waals surface area contributed by atoms with Gasteiger partial charge in [0.2, 0.25) is 0 Å². The van der Waals surface area contributed by atoms with Gasteiger partial charge >= 0.3 is 0 Å². The van der Waals surface area contributed by atoms with E-state index in [1.165, 1.54) is 38.5 Å². The predicted molar refractivity (Wildman–Crippen MR) is 87.0 cm³/mol. The zero-order valence-electron chi connectivity index (χ0n) is 14.0. The SMILES string of the molecule is CC12CCC3C(CC[C@H]4NC(O)C=CC34C)C1CCC2CO. The first-order valence-corrected chi connectivity index (χ1v) is 9.23. The van der Waals surface area contributed by atoms with Crippen LogP contribution < -0.4 is 5.32 Å². The Morgan fingerprint density at radius 3 is 2.68 bits per heavy atom. The molecule has 7 unspecified atom stereocenters. The third kappa shape index (κ3) is 1.91. The van der Waals surface area contributed by atoms with Crippen molar-refractivity contribution in [2.45, 2.75) is 64.6 Å².